The van der Waals surface area contributed by atoms with Crippen molar-refractivity contribution in [2.75, 3.05) is 0 Å². The summed E-state index contributed by atoms with van der Waals surface area (Å²) < 4.78 is 11.2. The van der Waals surface area contributed by atoms with Crippen molar-refractivity contribution in [1.29, 1.82) is 0 Å². The van der Waals surface area contributed by atoms with Gasteiger partial charge in [-0.2, -0.15) is 0 Å². The van der Waals surface area contributed by atoms with Gasteiger partial charge in [0, 0.05) is 28.0 Å². The van der Waals surface area contributed by atoms with Gasteiger partial charge in [-0.15, -0.1) is 0 Å². The summed E-state index contributed by atoms with van der Waals surface area (Å²) in [5.41, 5.74) is 5.37. The van der Waals surface area contributed by atoms with Gasteiger partial charge in [0.1, 0.15) is 11.2 Å². The van der Waals surface area contributed by atoms with Crippen molar-refractivity contribution in [2.45, 2.75) is 19.3 Å². The molecule has 3 heteroatoms. The zero-order chi connectivity index (χ0) is 15.4. The van der Waals surface area contributed by atoms with E-state index in [1.807, 2.05) is 24.3 Å². The molecule has 0 atom stereocenters. The van der Waals surface area contributed by atoms with Gasteiger partial charge in [0.15, 0.2) is 0 Å². The van der Waals surface area contributed by atoms with Crippen LogP contribution in [0.2, 0.25) is 0 Å². The quantitative estimate of drug-likeness (QED) is 0.479. The molecule has 0 fully saturated rings. The van der Waals surface area contributed by atoms with Crippen LogP contribution in [0.25, 0.3) is 33.1 Å². The number of fused-ring (bicyclic) bond motifs is 4. The van der Waals surface area contributed by atoms with E-state index in [0.29, 0.717) is 5.58 Å². The molecule has 4 aromatic rings. The summed E-state index contributed by atoms with van der Waals surface area (Å²) in [5.74, 6) is 0. The number of furan rings is 1. The fraction of sp³-hybridized carbons (Fsp3) is 0.150. The third-order valence-corrected chi connectivity index (χ3v) is 4.75. The van der Waals surface area contributed by atoms with Crippen molar-refractivity contribution < 1.29 is 8.83 Å². The Labute approximate surface area is 132 Å². The molecule has 5 rings (SSSR count). The van der Waals surface area contributed by atoms with Gasteiger partial charge in [-0.05, 0) is 36.5 Å². The van der Waals surface area contributed by atoms with Gasteiger partial charge in [-0.1, -0.05) is 30.3 Å². The molecule has 0 spiro atoms. The lowest BCUT2D eigenvalue weighted by Crippen LogP contribution is -2.06. The van der Waals surface area contributed by atoms with Gasteiger partial charge < -0.3 is 8.83 Å². The molecule has 1 aliphatic rings. The van der Waals surface area contributed by atoms with Gasteiger partial charge in [0.05, 0.1) is 6.26 Å². The maximum atomic E-state index is 12.1. The zero-order valence-corrected chi connectivity index (χ0v) is 12.5. The summed E-state index contributed by atoms with van der Waals surface area (Å²) in [5, 5.41) is 2.11. The number of aryl methyl sites for hydroxylation is 1. The molecule has 23 heavy (non-hydrogen) atoms. The van der Waals surface area contributed by atoms with Crippen LogP contribution in [0.3, 0.4) is 0 Å². The van der Waals surface area contributed by atoms with Gasteiger partial charge in [-0.25, -0.2) is 4.79 Å². The van der Waals surface area contributed by atoms with Crippen LogP contribution >= 0.6 is 0 Å². The van der Waals surface area contributed by atoms with Gasteiger partial charge in [0.25, 0.3) is 0 Å². The van der Waals surface area contributed by atoms with Crippen LogP contribution in [-0.4, -0.2) is 0 Å². The number of hydrogen-bond donors (Lipinski definition) is 0. The van der Waals surface area contributed by atoms with Crippen molar-refractivity contribution in [1.82, 2.24) is 0 Å². The summed E-state index contributed by atoms with van der Waals surface area (Å²) in [6.45, 7) is 0. The Hall–Kier alpha value is -2.81. The molecular formula is C20H14O3. The Bertz CT molecular complexity index is 1100. The highest BCUT2D eigenvalue weighted by Gasteiger charge is 2.21. The molecule has 0 saturated carbocycles. The Kier molecular flexibility index (Phi) is 2.54. The lowest BCUT2D eigenvalue weighted by atomic mass is 10.0. The fourth-order valence-electron chi connectivity index (χ4n) is 3.64. The Morgan fingerprint density at radius 2 is 1.70 bits per heavy atom. The van der Waals surface area contributed by atoms with Crippen molar-refractivity contribution in [2.24, 2.45) is 0 Å². The molecule has 0 bridgehead atoms. The largest absolute Gasteiger partial charge is 0.464 e. The minimum absolute atomic E-state index is 0.195. The Morgan fingerprint density at radius 1 is 0.870 bits per heavy atom. The SMILES string of the molecule is O=c1oc2cc3occ(-c4ccccc4)c3cc2c2c1CCC2. The summed E-state index contributed by atoms with van der Waals surface area (Å²) in [4.78, 5) is 12.1. The van der Waals surface area contributed by atoms with Crippen LogP contribution in [-0.2, 0) is 12.8 Å². The van der Waals surface area contributed by atoms with E-state index in [-0.39, 0.29) is 5.63 Å². The molecule has 3 nitrogen and oxygen atoms in total. The molecule has 2 heterocycles. The van der Waals surface area contributed by atoms with Gasteiger partial charge in [0.2, 0.25) is 0 Å². The molecule has 2 aromatic heterocycles. The summed E-state index contributed by atoms with van der Waals surface area (Å²) in [6, 6.07) is 14.1. The second kappa shape index (κ2) is 4.59. The third kappa shape index (κ3) is 1.80. The topological polar surface area (TPSA) is 43.4 Å². The fourth-order valence-corrected chi connectivity index (χ4v) is 3.64. The van der Waals surface area contributed by atoms with Crippen molar-refractivity contribution >= 4 is 21.9 Å². The highest BCUT2D eigenvalue weighted by atomic mass is 16.4. The summed E-state index contributed by atoms with van der Waals surface area (Å²) >= 11 is 0. The zero-order valence-electron chi connectivity index (χ0n) is 12.5. The number of rotatable bonds is 1. The monoisotopic (exact) mass is 302 g/mol. The smallest absolute Gasteiger partial charge is 0.339 e. The molecule has 0 amide bonds. The van der Waals surface area contributed by atoms with Crippen LogP contribution in [0.4, 0.5) is 0 Å². The van der Waals surface area contributed by atoms with E-state index in [4.69, 9.17) is 8.83 Å². The van der Waals surface area contributed by atoms with Gasteiger partial charge in [-0.3, -0.25) is 0 Å². The van der Waals surface area contributed by atoms with Crippen LogP contribution in [0.5, 0.6) is 0 Å². The maximum absolute atomic E-state index is 12.1. The van der Waals surface area contributed by atoms with Crippen molar-refractivity contribution in [3.8, 4) is 11.1 Å². The second-order valence-corrected chi connectivity index (χ2v) is 6.06. The van der Waals surface area contributed by atoms with Crippen LogP contribution in [0.15, 0.2) is 62.4 Å². The number of benzene rings is 2. The predicted octanol–water partition coefficient (Wildman–Crippen LogP) is 4.69. The molecule has 112 valence electrons. The van der Waals surface area contributed by atoms with Crippen molar-refractivity contribution in [3.05, 3.63) is 70.3 Å². The van der Waals surface area contributed by atoms with E-state index in [9.17, 15) is 4.79 Å². The van der Waals surface area contributed by atoms with Crippen LogP contribution in [0.1, 0.15) is 17.5 Å². The third-order valence-electron chi connectivity index (χ3n) is 4.75. The predicted molar refractivity (Wildman–Crippen MR) is 89.7 cm³/mol. The first kappa shape index (κ1) is 12.7. The molecule has 0 aliphatic heterocycles. The van der Waals surface area contributed by atoms with E-state index in [0.717, 1.165) is 57.9 Å². The second-order valence-electron chi connectivity index (χ2n) is 6.06. The molecule has 0 radical (unpaired) electrons. The molecule has 1 aliphatic carbocycles. The van der Waals surface area contributed by atoms with E-state index >= 15 is 0 Å². The Balaban J connectivity index is 1.87. The minimum Gasteiger partial charge on any atom is -0.464 e. The molecule has 0 N–H and O–H groups in total. The number of hydrogen-bond acceptors (Lipinski definition) is 3. The average Bonchev–Trinajstić information content (AvgIpc) is 3.21. The minimum atomic E-state index is -0.195. The molecule has 0 unspecified atom stereocenters. The summed E-state index contributed by atoms with van der Waals surface area (Å²) in [7, 11) is 0. The highest BCUT2D eigenvalue weighted by Crippen LogP contribution is 2.36. The normalized spacial score (nSPS) is 13.7. The standard InChI is InChI=1S/C20H14O3/c21-20-14-8-4-7-13(14)15-9-16-17(12-5-2-1-3-6-12)11-22-18(16)10-19(15)23-20/h1-3,5-6,9-11H,4,7-8H2. The van der Waals surface area contributed by atoms with E-state index in [1.54, 1.807) is 6.26 Å². The average molecular weight is 302 g/mol. The molecular weight excluding hydrogens is 288 g/mol. The van der Waals surface area contributed by atoms with E-state index < -0.39 is 0 Å². The first-order valence-electron chi connectivity index (χ1n) is 7.86. The van der Waals surface area contributed by atoms with E-state index in [1.165, 1.54) is 0 Å². The Morgan fingerprint density at radius 3 is 2.57 bits per heavy atom. The van der Waals surface area contributed by atoms with Crippen LogP contribution < -0.4 is 5.63 Å². The van der Waals surface area contributed by atoms with Gasteiger partial charge >= 0.3 is 5.63 Å². The first-order valence-corrected chi connectivity index (χ1v) is 7.86. The lowest BCUT2D eigenvalue weighted by Gasteiger charge is -2.04. The first-order chi connectivity index (χ1) is 11.3. The van der Waals surface area contributed by atoms with Crippen molar-refractivity contribution in [3.63, 3.8) is 0 Å². The van der Waals surface area contributed by atoms with E-state index in [2.05, 4.69) is 18.2 Å². The molecule has 0 saturated heterocycles. The molecule has 2 aromatic carbocycles. The summed E-state index contributed by atoms with van der Waals surface area (Å²) in [6.07, 6.45) is 4.56. The van der Waals surface area contributed by atoms with Crippen LogP contribution in [0, 0.1) is 0 Å². The lowest BCUT2D eigenvalue weighted by molar-refractivity contribution is 0.550. The highest BCUT2D eigenvalue weighted by molar-refractivity contribution is 6.02. The maximum Gasteiger partial charge on any atom is 0.339 e.